The predicted molar refractivity (Wildman–Crippen MR) is 106 cm³/mol. The minimum atomic E-state index is -0.194. The molecule has 1 heterocycles. The van der Waals surface area contributed by atoms with E-state index in [2.05, 4.69) is 20.6 Å². The van der Waals surface area contributed by atoms with Crippen LogP contribution in [0.2, 0.25) is 0 Å². The summed E-state index contributed by atoms with van der Waals surface area (Å²) in [4.78, 5) is 21.4. The molecule has 144 valence electrons. The Morgan fingerprint density at radius 3 is 2.48 bits per heavy atom. The lowest BCUT2D eigenvalue weighted by molar-refractivity contribution is 0.0945. The summed E-state index contributed by atoms with van der Waals surface area (Å²) in [6.45, 7) is 2.33. The van der Waals surface area contributed by atoms with E-state index in [0.29, 0.717) is 24.2 Å². The van der Waals surface area contributed by atoms with Gasteiger partial charge in [0.15, 0.2) is 0 Å². The summed E-state index contributed by atoms with van der Waals surface area (Å²) in [6, 6.07) is 9.74. The maximum absolute atomic E-state index is 12.5. The van der Waals surface area contributed by atoms with Gasteiger partial charge in [0.2, 0.25) is 5.95 Å². The lowest BCUT2D eigenvalue weighted by atomic mass is 10.1. The highest BCUT2D eigenvalue weighted by molar-refractivity contribution is 5.92. The molecule has 2 aromatic rings. The third kappa shape index (κ3) is 5.67. The van der Waals surface area contributed by atoms with Gasteiger partial charge in [0, 0.05) is 18.3 Å². The Bertz CT molecular complexity index is 753. The topological polar surface area (TPSA) is 76.1 Å². The summed E-state index contributed by atoms with van der Waals surface area (Å²) in [6.07, 6.45) is 7.34. The second kappa shape index (κ2) is 9.35. The molecule has 1 saturated carbocycles. The SMILES string of the molecule is COc1ccc(CNC(=O)c2cc(C)nc(NC3CCCCCC3)n2)cc1. The van der Waals surface area contributed by atoms with E-state index in [4.69, 9.17) is 4.74 Å². The zero-order chi connectivity index (χ0) is 19.1. The number of amides is 1. The Hall–Kier alpha value is -2.63. The van der Waals surface area contributed by atoms with E-state index >= 15 is 0 Å². The average Bonchev–Trinajstić information content (AvgIpc) is 2.94. The quantitative estimate of drug-likeness (QED) is 0.757. The van der Waals surface area contributed by atoms with Gasteiger partial charge in [-0.2, -0.15) is 0 Å². The molecular formula is C21H28N4O2. The number of aromatic nitrogens is 2. The van der Waals surface area contributed by atoms with Crippen molar-refractivity contribution in [3.8, 4) is 5.75 Å². The Labute approximate surface area is 160 Å². The zero-order valence-electron chi connectivity index (χ0n) is 16.1. The van der Waals surface area contributed by atoms with E-state index in [1.54, 1.807) is 13.2 Å². The van der Waals surface area contributed by atoms with Crippen LogP contribution in [-0.2, 0) is 6.54 Å². The van der Waals surface area contributed by atoms with Crippen LogP contribution in [0.1, 0.15) is 60.3 Å². The number of hydrogen-bond acceptors (Lipinski definition) is 5. The second-order valence-electron chi connectivity index (χ2n) is 7.08. The average molecular weight is 368 g/mol. The van der Waals surface area contributed by atoms with Crippen molar-refractivity contribution >= 4 is 11.9 Å². The van der Waals surface area contributed by atoms with Gasteiger partial charge in [0.1, 0.15) is 11.4 Å². The van der Waals surface area contributed by atoms with Gasteiger partial charge in [-0.3, -0.25) is 4.79 Å². The van der Waals surface area contributed by atoms with Crippen molar-refractivity contribution < 1.29 is 9.53 Å². The van der Waals surface area contributed by atoms with Gasteiger partial charge < -0.3 is 15.4 Å². The molecule has 1 aromatic heterocycles. The lowest BCUT2D eigenvalue weighted by Gasteiger charge is -2.17. The third-order valence-corrected chi connectivity index (χ3v) is 4.89. The molecule has 0 aliphatic heterocycles. The highest BCUT2D eigenvalue weighted by atomic mass is 16.5. The number of carbonyl (C=O) groups excluding carboxylic acids is 1. The van der Waals surface area contributed by atoms with Gasteiger partial charge >= 0.3 is 0 Å². The van der Waals surface area contributed by atoms with Gasteiger partial charge in [0.25, 0.3) is 5.91 Å². The van der Waals surface area contributed by atoms with E-state index in [-0.39, 0.29) is 5.91 Å². The molecule has 0 spiro atoms. The van der Waals surface area contributed by atoms with Crippen LogP contribution in [0.3, 0.4) is 0 Å². The molecule has 2 N–H and O–H groups in total. The van der Waals surface area contributed by atoms with Crippen molar-refractivity contribution in [2.75, 3.05) is 12.4 Å². The van der Waals surface area contributed by atoms with Crippen molar-refractivity contribution in [2.24, 2.45) is 0 Å². The molecule has 0 atom stereocenters. The molecule has 1 aliphatic rings. The van der Waals surface area contributed by atoms with E-state index in [0.717, 1.165) is 29.8 Å². The van der Waals surface area contributed by atoms with Crippen LogP contribution in [0.5, 0.6) is 5.75 Å². The van der Waals surface area contributed by atoms with Crippen molar-refractivity contribution in [3.63, 3.8) is 0 Å². The number of rotatable bonds is 6. The number of carbonyl (C=O) groups is 1. The number of ether oxygens (including phenoxy) is 1. The van der Waals surface area contributed by atoms with Gasteiger partial charge in [-0.15, -0.1) is 0 Å². The number of methoxy groups -OCH3 is 1. The maximum Gasteiger partial charge on any atom is 0.270 e. The monoisotopic (exact) mass is 368 g/mol. The summed E-state index contributed by atoms with van der Waals surface area (Å²) in [7, 11) is 1.63. The van der Waals surface area contributed by atoms with Crippen molar-refractivity contribution in [3.05, 3.63) is 47.3 Å². The summed E-state index contributed by atoms with van der Waals surface area (Å²) in [5, 5.41) is 6.35. The molecule has 3 rings (SSSR count). The third-order valence-electron chi connectivity index (χ3n) is 4.89. The number of benzene rings is 1. The summed E-state index contributed by atoms with van der Waals surface area (Å²) < 4.78 is 5.15. The first-order chi connectivity index (χ1) is 13.1. The van der Waals surface area contributed by atoms with Crippen molar-refractivity contribution in [1.82, 2.24) is 15.3 Å². The zero-order valence-corrected chi connectivity index (χ0v) is 16.1. The molecule has 6 nitrogen and oxygen atoms in total. The van der Waals surface area contributed by atoms with E-state index < -0.39 is 0 Å². The highest BCUT2D eigenvalue weighted by Crippen LogP contribution is 2.20. The van der Waals surface area contributed by atoms with Crippen LogP contribution < -0.4 is 15.4 Å². The van der Waals surface area contributed by atoms with Crippen molar-refractivity contribution in [2.45, 2.75) is 58.0 Å². The Kier molecular flexibility index (Phi) is 6.63. The molecule has 1 fully saturated rings. The van der Waals surface area contributed by atoms with Crippen LogP contribution in [0.25, 0.3) is 0 Å². The number of aryl methyl sites for hydroxylation is 1. The molecule has 1 aromatic carbocycles. The summed E-state index contributed by atoms with van der Waals surface area (Å²) in [5.41, 5.74) is 2.19. The first-order valence-electron chi connectivity index (χ1n) is 9.67. The normalized spacial score (nSPS) is 15.0. The summed E-state index contributed by atoms with van der Waals surface area (Å²) >= 11 is 0. The standard InChI is InChI=1S/C21H28N4O2/c1-15-13-19(20(26)22-14-16-9-11-18(27-2)12-10-16)25-21(23-15)24-17-7-5-3-4-6-8-17/h9-13,17H,3-8,14H2,1-2H3,(H,22,26)(H,23,24,25). The number of nitrogens with zero attached hydrogens (tertiary/aromatic N) is 2. The first kappa shape index (κ1) is 19.1. The first-order valence-corrected chi connectivity index (χ1v) is 9.67. The van der Waals surface area contributed by atoms with Gasteiger partial charge in [0.05, 0.1) is 7.11 Å². The Morgan fingerprint density at radius 2 is 1.81 bits per heavy atom. The number of hydrogen-bond donors (Lipinski definition) is 2. The second-order valence-corrected chi connectivity index (χ2v) is 7.08. The van der Waals surface area contributed by atoms with Crippen molar-refractivity contribution in [1.29, 1.82) is 0 Å². The van der Waals surface area contributed by atoms with E-state index in [1.165, 1.54) is 25.7 Å². The largest absolute Gasteiger partial charge is 0.497 e. The van der Waals surface area contributed by atoms with Crippen LogP contribution in [-0.4, -0.2) is 29.0 Å². The minimum Gasteiger partial charge on any atom is -0.497 e. The predicted octanol–water partition coefficient (Wildman–Crippen LogP) is 3.86. The smallest absolute Gasteiger partial charge is 0.270 e. The van der Waals surface area contributed by atoms with Crippen LogP contribution in [0, 0.1) is 6.92 Å². The van der Waals surface area contributed by atoms with E-state index in [1.807, 2.05) is 31.2 Å². The Morgan fingerprint density at radius 1 is 1.11 bits per heavy atom. The lowest BCUT2D eigenvalue weighted by Crippen LogP contribution is -2.26. The van der Waals surface area contributed by atoms with Crippen LogP contribution >= 0.6 is 0 Å². The Balaban J connectivity index is 1.62. The molecule has 0 saturated heterocycles. The highest BCUT2D eigenvalue weighted by Gasteiger charge is 2.15. The number of anilines is 1. The molecular weight excluding hydrogens is 340 g/mol. The molecule has 1 aliphatic carbocycles. The van der Waals surface area contributed by atoms with Crippen LogP contribution in [0.4, 0.5) is 5.95 Å². The fraction of sp³-hybridized carbons (Fsp3) is 0.476. The van der Waals surface area contributed by atoms with Gasteiger partial charge in [-0.25, -0.2) is 9.97 Å². The van der Waals surface area contributed by atoms with E-state index in [9.17, 15) is 4.79 Å². The molecule has 0 radical (unpaired) electrons. The number of nitrogens with one attached hydrogen (secondary N) is 2. The van der Waals surface area contributed by atoms with Gasteiger partial charge in [-0.05, 0) is 43.5 Å². The fourth-order valence-corrected chi connectivity index (χ4v) is 3.37. The maximum atomic E-state index is 12.5. The fourth-order valence-electron chi connectivity index (χ4n) is 3.37. The molecule has 6 heteroatoms. The minimum absolute atomic E-state index is 0.194. The summed E-state index contributed by atoms with van der Waals surface area (Å²) in [5.74, 6) is 1.16. The molecule has 27 heavy (non-hydrogen) atoms. The van der Waals surface area contributed by atoms with Gasteiger partial charge in [-0.1, -0.05) is 37.8 Å². The van der Waals surface area contributed by atoms with Crippen LogP contribution in [0.15, 0.2) is 30.3 Å². The molecule has 0 unspecified atom stereocenters. The molecule has 1 amide bonds. The molecule has 0 bridgehead atoms.